The van der Waals surface area contributed by atoms with Crippen LogP contribution in [-0.2, 0) is 9.59 Å². The number of allylic oxidation sites excluding steroid dienone is 2. The Morgan fingerprint density at radius 1 is 1.38 bits per heavy atom. The maximum absolute atomic E-state index is 11.9. The Kier molecular flexibility index (Phi) is 2.37. The van der Waals surface area contributed by atoms with E-state index in [0.29, 0.717) is 0 Å². The quantitative estimate of drug-likeness (QED) is 0.618. The number of hydrogen-bond acceptors (Lipinski definition) is 2. The fraction of sp³-hybridized carbons (Fsp3) is 0.500. The average Bonchev–Trinajstić information content (AvgIpc) is 2.17. The summed E-state index contributed by atoms with van der Waals surface area (Å²) in [7, 11) is 0. The lowest BCUT2D eigenvalue weighted by atomic mass is 9.95. The van der Waals surface area contributed by atoms with Gasteiger partial charge in [-0.2, -0.15) is 0 Å². The Balaban J connectivity index is 2.44. The molecule has 1 heterocycles. The van der Waals surface area contributed by atoms with E-state index in [1.54, 1.807) is 4.90 Å². The molecule has 2 aliphatic rings. The summed E-state index contributed by atoms with van der Waals surface area (Å²) in [4.78, 5) is 25.0. The first kappa shape index (κ1) is 10.9. The molecule has 0 bridgehead atoms. The first-order valence-electron chi connectivity index (χ1n) is 5.43. The van der Waals surface area contributed by atoms with Crippen LogP contribution in [0.4, 0.5) is 0 Å². The number of hydrogen-bond donors (Lipinski definition) is 1. The van der Waals surface area contributed by atoms with Gasteiger partial charge in [-0.3, -0.25) is 9.59 Å². The third kappa shape index (κ3) is 1.64. The van der Waals surface area contributed by atoms with E-state index in [1.165, 1.54) is 0 Å². The van der Waals surface area contributed by atoms with Gasteiger partial charge in [0.05, 0.1) is 6.04 Å². The topological polar surface area (TPSA) is 49.4 Å². The average molecular weight is 220 g/mol. The van der Waals surface area contributed by atoms with Crippen molar-refractivity contribution in [1.29, 1.82) is 0 Å². The van der Waals surface area contributed by atoms with E-state index < -0.39 is 11.8 Å². The zero-order valence-corrected chi connectivity index (χ0v) is 9.78. The molecule has 1 atom stereocenters. The normalized spacial score (nSPS) is 25.1. The molecule has 0 aromatic rings. The number of amides is 2. The van der Waals surface area contributed by atoms with Crippen LogP contribution >= 0.6 is 0 Å². The number of nitrogens with one attached hydrogen (secondary N) is 1. The van der Waals surface area contributed by atoms with Crippen molar-refractivity contribution < 1.29 is 9.59 Å². The summed E-state index contributed by atoms with van der Waals surface area (Å²) >= 11 is 0. The van der Waals surface area contributed by atoms with Gasteiger partial charge in [-0.05, 0) is 33.3 Å². The van der Waals surface area contributed by atoms with Gasteiger partial charge < -0.3 is 10.2 Å². The minimum absolute atomic E-state index is 0.0607. The third-order valence-electron chi connectivity index (χ3n) is 2.76. The molecule has 1 N–H and O–H groups in total. The van der Waals surface area contributed by atoms with Gasteiger partial charge in [0.15, 0.2) is 0 Å². The number of nitrogens with zero attached hydrogens (tertiary/aromatic N) is 1. The summed E-state index contributed by atoms with van der Waals surface area (Å²) in [5, 5.41) is 2.72. The molecule has 1 aliphatic carbocycles. The fourth-order valence-corrected chi connectivity index (χ4v) is 2.11. The number of fused-ring (bicyclic) bond motifs is 1. The summed E-state index contributed by atoms with van der Waals surface area (Å²) in [5.74, 6) is -0.974. The summed E-state index contributed by atoms with van der Waals surface area (Å²) in [5.41, 5.74) is 0.518. The summed E-state index contributed by atoms with van der Waals surface area (Å²) in [6.45, 7) is 5.79. The molecule has 4 heteroatoms. The summed E-state index contributed by atoms with van der Waals surface area (Å²) < 4.78 is 0. The first-order chi connectivity index (χ1) is 7.41. The summed E-state index contributed by atoms with van der Waals surface area (Å²) in [6, 6.07) is -0.0607. The highest BCUT2D eigenvalue weighted by atomic mass is 16.2. The molecule has 0 aromatic heterocycles. The largest absolute Gasteiger partial charge is 0.339 e. The zero-order chi connectivity index (χ0) is 11.9. The molecular weight excluding hydrogens is 204 g/mol. The predicted octanol–water partition coefficient (Wildman–Crippen LogP) is 0.956. The van der Waals surface area contributed by atoms with Gasteiger partial charge in [0, 0.05) is 11.2 Å². The summed E-state index contributed by atoms with van der Waals surface area (Å²) in [6.07, 6.45) is 6.56. The fourth-order valence-electron chi connectivity index (χ4n) is 2.11. The van der Waals surface area contributed by atoms with Crippen molar-refractivity contribution in [2.45, 2.75) is 38.8 Å². The van der Waals surface area contributed by atoms with Crippen molar-refractivity contribution in [1.82, 2.24) is 10.2 Å². The van der Waals surface area contributed by atoms with E-state index in [0.717, 1.165) is 12.1 Å². The molecule has 0 aromatic carbocycles. The van der Waals surface area contributed by atoms with Crippen molar-refractivity contribution in [2.24, 2.45) is 0 Å². The van der Waals surface area contributed by atoms with Crippen molar-refractivity contribution >= 4 is 11.8 Å². The smallest absolute Gasteiger partial charge is 0.316 e. The lowest BCUT2D eigenvalue weighted by Crippen LogP contribution is -2.61. The van der Waals surface area contributed by atoms with Gasteiger partial charge in [0.25, 0.3) is 0 Å². The van der Waals surface area contributed by atoms with Gasteiger partial charge in [-0.1, -0.05) is 12.2 Å². The van der Waals surface area contributed by atoms with Crippen LogP contribution in [0.15, 0.2) is 23.9 Å². The molecule has 16 heavy (non-hydrogen) atoms. The van der Waals surface area contributed by atoms with Crippen LogP contribution in [0.1, 0.15) is 27.2 Å². The molecular formula is C12H16N2O2. The molecule has 2 rings (SSSR count). The zero-order valence-electron chi connectivity index (χ0n) is 9.78. The highest BCUT2D eigenvalue weighted by Crippen LogP contribution is 2.28. The van der Waals surface area contributed by atoms with E-state index >= 15 is 0 Å². The molecule has 2 amide bonds. The number of rotatable bonds is 0. The van der Waals surface area contributed by atoms with Crippen molar-refractivity contribution in [3.63, 3.8) is 0 Å². The van der Waals surface area contributed by atoms with Gasteiger partial charge >= 0.3 is 11.8 Å². The Morgan fingerprint density at radius 3 is 2.69 bits per heavy atom. The maximum Gasteiger partial charge on any atom is 0.316 e. The van der Waals surface area contributed by atoms with Crippen LogP contribution in [0.25, 0.3) is 0 Å². The second kappa shape index (κ2) is 3.47. The van der Waals surface area contributed by atoms with Crippen LogP contribution in [0, 0.1) is 0 Å². The molecule has 4 nitrogen and oxygen atoms in total. The van der Waals surface area contributed by atoms with Crippen LogP contribution in [0.3, 0.4) is 0 Å². The Bertz CT molecular complexity index is 402. The SMILES string of the molecule is CC(C)(C)N1C(=O)C(=O)NC2CC=CC=C21. The highest BCUT2D eigenvalue weighted by molar-refractivity contribution is 6.36. The monoisotopic (exact) mass is 220 g/mol. The Hall–Kier alpha value is -1.58. The predicted molar refractivity (Wildman–Crippen MR) is 60.4 cm³/mol. The molecule has 1 fully saturated rings. The van der Waals surface area contributed by atoms with Gasteiger partial charge in [-0.25, -0.2) is 0 Å². The highest BCUT2D eigenvalue weighted by Gasteiger charge is 2.41. The Labute approximate surface area is 95.0 Å². The van der Waals surface area contributed by atoms with Crippen LogP contribution < -0.4 is 5.32 Å². The van der Waals surface area contributed by atoms with Gasteiger partial charge in [-0.15, -0.1) is 0 Å². The molecule has 1 saturated heterocycles. The van der Waals surface area contributed by atoms with Crippen molar-refractivity contribution in [2.75, 3.05) is 0 Å². The van der Waals surface area contributed by atoms with Gasteiger partial charge in [0.1, 0.15) is 0 Å². The Morgan fingerprint density at radius 2 is 2.06 bits per heavy atom. The first-order valence-corrected chi connectivity index (χ1v) is 5.43. The second-order valence-electron chi connectivity index (χ2n) is 5.09. The standard InChI is InChI=1S/C12H16N2O2/c1-12(2,3)14-9-7-5-4-6-8(9)13-10(15)11(14)16/h4-5,7-8H,6H2,1-3H3,(H,13,15). The molecule has 0 saturated carbocycles. The molecule has 0 radical (unpaired) electrons. The van der Waals surface area contributed by atoms with Crippen LogP contribution in [0.5, 0.6) is 0 Å². The lowest BCUT2D eigenvalue weighted by molar-refractivity contribution is -0.150. The van der Waals surface area contributed by atoms with E-state index in [2.05, 4.69) is 5.32 Å². The van der Waals surface area contributed by atoms with Crippen LogP contribution in [-0.4, -0.2) is 28.3 Å². The van der Waals surface area contributed by atoms with Gasteiger partial charge in [0.2, 0.25) is 0 Å². The third-order valence-corrected chi connectivity index (χ3v) is 2.76. The number of piperazine rings is 1. The second-order valence-corrected chi connectivity index (χ2v) is 5.09. The lowest BCUT2D eigenvalue weighted by Gasteiger charge is -2.43. The van der Waals surface area contributed by atoms with Crippen molar-refractivity contribution in [3.05, 3.63) is 23.9 Å². The number of carbonyl (C=O) groups excluding carboxylic acids is 2. The molecule has 1 unspecified atom stereocenters. The molecule has 0 spiro atoms. The van der Waals surface area contributed by atoms with E-state index in [9.17, 15) is 9.59 Å². The van der Waals surface area contributed by atoms with Crippen LogP contribution in [0.2, 0.25) is 0 Å². The minimum Gasteiger partial charge on any atom is -0.339 e. The van der Waals surface area contributed by atoms with E-state index in [4.69, 9.17) is 0 Å². The number of carbonyl (C=O) groups is 2. The molecule has 86 valence electrons. The van der Waals surface area contributed by atoms with E-state index in [-0.39, 0.29) is 11.6 Å². The molecule has 1 aliphatic heterocycles. The minimum atomic E-state index is -0.507. The van der Waals surface area contributed by atoms with Crippen molar-refractivity contribution in [3.8, 4) is 0 Å². The maximum atomic E-state index is 11.9. The van der Waals surface area contributed by atoms with E-state index in [1.807, 2.05) is 39.0 Å².